The molecule has 1 aromatic carbocycles. The number of ether oxygens (including phenoxy) is 1. The molecule has 0 radical (unpaired) electrons. The maximum absolute atomic E-state index is 13.0. The van der Waals surface area contributed by atoms with Crippen molar-refractivity contribution < 1.29 is 14.6 Å². The normalized spacial score (nSPS) is 10.5. The molecule has 2 aromatic rings. The lowest BCUT2D eigenvalue weighted by atomic mass is 9.97. The summed E-state index contributed by atoms with van der Waals surface area (Å²) in [5, 5.41) is 20.0. The number of pyridine rings is 1. The van der Waals surface area contributed by atoms with Crippen LogP contribution in [0.1, 0.15) is 40.4 Å². The number of hydrogen-bond acceptors (Lipinski definition) is 5. The Morgan fingerprint density at radius 2 is 2.08 bits per heavy atom. The van der Waals surface area contributed by atoms with E-state index in [9.17, 15) is 20.0 Å². The molecule has 0 saturated heterocycles. The molecule has 0 bridgehead atoms. The van der Waals surface area contributed by atoms with Crippen LogP contribution in [-0.4, -0.2) is 28.7 Å². The second-order valence-corrected chi connectivity index (χ2v) is 6.48. The van der Waals surface area contributed by atoms with Gasteiger partial charge in [0.2, 0.25) is 5.88 Å². The summed E-state index contributed by atoms with van der Waals surface area (Å²) in [5.41, 5.74) is -0.270. The number of carbonyl (C=O) groups excluding carboxylic acids is 1. The summed E-state index contributed by atoms with van der Waals surface area (Å²) < 4.78 is 6.87. The molecule has 2 rings (SSSR count). The van der Waals surface area contributed by atoms with Gasteiger partial charge in [-0.15, -0.1) is 0 Å². The van der Waals surface area contributed by atoms with Crippen LogP contribution in [0, 0.1) is 18.3 Å². The van der Waals surface area contributed by atoms with Crippen LogP contribution in [0.4, 0.5) is 0 Å². The quantitative estimate of drug-likeness (QED) is 0.550. The first kappa shape index (κ1) is 19.9. The van der Waals surface area contributed by atoms with Gasteiger partial charge in [0, 0.05) is 29.8 Å². The van der Waals surface area contributed by atoms with E-state index in [1.807, 2.05) is 13.0 Å². The molecule has 0 atom stereocenters. The van der Waals surface area contributed by atoms with Crippen molar-refractivity contribution in [3.63, 3.8) is 0 Å². The van der Waals surface area contributed by atoms with E-state index in [-0.39, 0.29) is 23.2 Å². The lowest BCUT2D eigenvalue weighted by Crippen LogP contribution is -2.27. The Morgan fingerprint density at radius 1 is 1.38 bits per heavy atom. The Hall–Kier alpha value is -2.43. The highest BCUT2D eigenvalue weighted by Crippen LogP contribution is 2.28. The average molecular weight is 419 g/mol. The Kier molecular flexibility index (Phi) is 6.72. The first-order valence-corrected chi connectivity index (χ1v) is 8.96. The second kappa shape index (κ2) is 8.79. The molecule has 1 N–H and O–H groups in total. The van der Waals surface area contributed by atoms with E-state index in [1.54, 1.807) is 24.3 Å². The van der Waals surface area contributed by atoms with Crippen LogP contribution in [-0.2, 0) is 11.3 Å². The summed E-state index contributed by atoms with van der Waals surface area (Å²) in [6, 6.07) is 8.65. The number of benzene rings is 1. The van der Waals surface area contributed by atoms with Gasteiger partial charge < -0.3 is 9.84 Å². The minimum atomic E-state index is -0.609. The predicted octanol–water partition coefficient (Wildman–Crippen LogP) is 3.15. The molecule has 0 spiro atoms. The van der Waals surface area contributed by atoms with E-state index in [0.29, 0.717) is 29.7 Å². The van der Waals surface area contributed by atoms with Crippen LogP contribution < -0.4 is 5.56 Å². The zero-order valence-electron chi connectivity index (χ0n) is 14.6. The van der Waals surface area contributed by atoms with Crippen LogP contribution in [0.15, 0.2) is 33.5 Å². The molecule has 0 aliphatic rings. The summed E-state index contributed by atoms with van der Waals surface area (Å²) >= 11 is 3.32. The molecule has 1 heterocycles. The molecule has 0 amide bonds. The summed E-state index contributed by atoms with van der Waals surface area (Å²) in [7, 11) is 0. The molecule has 0 unspecified atom stereocenters. The van der Waals surface area contributed by atoms with Crippen molar-refractivity contribution in [1.82, 2.24) is 4.57 Å². The zero-order chi connectivity index (χ0) is 19.3. The standard InChI is InChI=1S/C19H19BrN2O4/c1-3-26-10-6-9-22-18(24)14(11-21)12(2)16(19(22)25)17(23)13-7-4-5-8-15(13)20/h4-5,7-8,25H,3,6,9-10H2,1-2H3. The van der Waals surface area contributed by atoms with Crippen molar-refractivity contribution in [1.29, 1.82) is 5.26 Å². The lowest BCUT2D eigenvalue weighted by molar-refractivity contribution is 0.103. The van der Waals surface area contributed by atoms with Crippen LogP contribution in [0.5, 0.6) is 5.88 Å². The molecule has 0 fully saturated rings. The second-order valence-electron chi connectivity index (χ2n) is 5.63. The maximum Gasteiger partial charge on any atom is 0.271 e. The third kappa shape index (κ3) is 3.87. The molecule has 0 saturated carbocycles. The Bertz CT molecular complexity index is 928. The highest BCUT2D eigenvalue weighted by molar-refractivity contribution is 9.10. The van der Waals surface area contributed by atoms with Gasteiger partial charge in [-0.1, -0.05) is 28.1 Å². The van der Waals surface area contributed by atoms with Crippen molar-refractivity contribution >= 4 is 21.7 Å². The molecule has 6 nitrogen and oxygen atoms in total. The minimum Gasteiger partial charge on any atom is -0.494 e. The van der Waals surface area contributed by atoms with E-state index in [1.165, 1.54) is 6.92 Å². The summed E-state index contributed by atoms with van der Waals surface area (Å²) in [6.07, 6.45) is 0.470. The van der Waals surface area contributed by atoms with Crippen LogP contribution in [0.2, 0.25) is 0 Å². The third-order valence-corrected chi connectivity index (χ3v) is 4.71. The van der Waals surface area contributed by atoms with Crippen molar-refractivity contribution in [3.8, 4) is 11.9 Å². The summed E-state index contributed by atoms with van der Waals surface area (Å²) in [6.45, 7) is 4.46. The third-order valence-electron chi connectivity index (χ3n) is 4.02. The molecular formula is C19H19BrN2O4. The van der Waals surface area contributed by atoms with Gasteiger partial charge in [-0.2, -0.15) is 5.26 Å². The van der Waals surface area contributed by atoms with Gasteiger partial charge in [0.25, 0.3) is 5.56 Å². The number of aromatic nitrogens is 1. The SMILES string of the molecule is CCOCCCn1c(O)c(C(=O)c2ccccc2Br)c(C)c(C#N)c1=O. The van der Waals surface area contributed by atoms with Gasteiger partial charge in [-0.3, -0.25) is 14.2 Å². The fraction of sp³-hybridized carbons (Fsp3) is 0.316. The van der Waals surface area contributed by atoms with Crippen LogP contribution in [0.3, 0.4) is 0 Å². The van der Waals surface area contributed by atoms with Gasteiger partial charge in [0.1, 0.15) is 11.6 Å². The van der Waals surface area contributed by atoms with Crippen LogP contribution in [0.25, 0.3) is 0 Å². The average Bonchev–Trinajstić information content (AvgIpc) is 2.61. The molecule has 0 aliphatic carbocycles. The molecule has 0 aliphatic heterocycles. The number of ketones is 1. The Morgan fingerprint density at radius 3 is 2.69 bits per heavy atom. The smallest absolute Gasteiger partial charge is 0.271 e. The fourth-order valence-corrected chi connectivity index (χ4v) is 3.14. The highest BCUT2D eigenvalue weighted by Gasteiger charge is 2.25. The van der Waals surface area contributed by atoms with Gasteiger partial charge in [0.05, 0.1) is 5.56 Å². The van der Waals surface area contributed by atoms with E-state index < -0.39 is 17.2 Å². The molecule has 7 heteroatoms. The van der Waals surface area contributed by atoms with Crippen molar-refractivity contribution in [2.24, 2.45) is 0 Å². The Labute approximate surface area is 159 Å². The highest BCUT2D eigenvalue weighted by atomic mass is 79.9. The minimum absolute atomic E-state index is 0.0375. The van der Waals surface area contributed by atoms with E-state index in [4.69, 9.17) is 4.74 Å². The number of aromatic hydroxyl groups is 1. The van der Waals surface area contributed by atoms with E-state index >= 15 is 0 Å². The molecule has 26 heavy (non-hydrogen) atoms. The van der Waals surface area contributed by atoms with Gasteiger partial charge in [-0.05, 0) is 38.0 Å². The number of nitriles is 1. The molecular weight excluding hydrogens is 400 g/mol. The molecule has 136 valence electrons. The topological polar surface area (TPSA) is 92.3 Å². The van der Waals surface area contributed by atoms with Crippen molar-refractivity contribution in [2.75, 3.05) is 13.2 Å². The number of hydrogen-bond donors (Lipinski definition) is 1. The zero-order valence-corrected chi connectivity index (χ0v) is 16.2. The number of nitrogens with zero attached hydrogens (tertiary/aromatic N) is 2. The first-order chi connectivity index (χ1) is 12.4. The van der Waals surface area contributed by atoms with Crippen molar-refractivity contribution in [2.45, 2.75) is 26.8 Å². The largest absolute Gasteiger partial charge is 0.494 e. The molecule has 1 aromatic heterocycles. The fourth-order valence-electron chi connectivity index (χ4n) is 2.68. The summed E-state index contributed by atoms with van der Waals surface area (Å²) in [5.74, 6) is -0.883. The maximum atomic E-state index is 13.0. The first-order valence-electron chi connectivity index (χ1n) is 8.17. The van der Waals surface area contributed by atoms with Gasteiger partial charge in [0.15, 0.2) is 5.78 Å². The van der Waals surface area contributed by atoms with Gasteiger partial charge >= 0.3 is 0 Å². The predicted molar refractivity (Wildman–Crippen MR) is 101 cm³/mol. The number of rotatable bonds is 7. The Balaban J connectivity index is 2.59. The summed E-state index contributed by atoms with van der Waals surface area (Å²) in [4.78, 5) is 25.5. The lowest BCUT2D eigenvalue weighted by Gasteiger charge is -2.16. The monoisotopic (exact) mass is 418 g/mol. The van der Waals surface area contributed by atoms with E-state index in [2.05, 4.69) is 15.9 Å². The van der Waals surface area contributed by atoms with Crippen molar-refractivity contribution in [3.05, 3.63) is 61.3 Å². The van der Waals surface area contributed by atoms with E-state index in [0.717, 1.165) is 4.57 Å². The van der Waals surface area contributed by atoms with Crippen LogP contribution >= 0.6 is 15.9 Å². The van der Waals surface area contributed by atoms with Gasteiger partial charge in [-0.25, -0.2) is 0 Å². The number of halogens is 1. The number of carbonyl (C=O) groups is 1.